The number of methoxy groups -OCH3 is 1. The van der Waals surface area contributed by atoms with E-state index < -0.39 is 0 Å². The molecule has 1 unspecified atom stereocenters. The molecular weight excluding hydrogens is 254 g/mol. The first-order valence-corrected chi connectivity index (χ1v) is 8.14. The number of hydrogen-bond donors (Lipinski definition) is 0. The van der Waals surface area contributed by atoms with Gasteiger partial charge in [-0.2, -0.15) is 0 Å². The van der Waals surface area contributed by atoms with E-state index in [-0.39, 0.29) is 11.6 Å². The lowest BCUT2D eigenvalue weighted by atomic mass is 9.83. The lowest BCUT2D eigenvalue weighted by Crippen LogP contribution is -2.39. The third-order valence-electron chi connectivity index (χ3n) is 4.69. The first-order valence-electron chi connectivity index (χ1n) is 8.14. The first kappa shape index (κ1) is 15.8. The molecule has 1 heterocycles. The van der Waals surface area contributed by atoms with E-state index in [0.29, 0.717) is 12.6 Å². The molecule has 0 aromatic carbocycles. The SMILES string of the molecule is CCCN(CC(=O)OC)CC1CCC2(CCCCC2)O1. The molecule has 116 valence electrons. The molecule has 0 aromatic rings. The Balaban J connectivity index is 1.83. The van der Waals surface area contributed by atoms with Crippen molar-refractivity contribution in [3.8, 4) is 0 Å². The molecule has 1 saturated heterocycles. The summed E-state index contributed by atoms with van der Waals surface area (Å²) in [6, 6.07) is 0. The Kier molecular flexibility index (Phi) is 5.85. The largest absolute Gasteiger partial charge is 0.468 e. The molecule has 0 N–H and O–H groups in total. The number of carbonyl (C=O) groups is 1. The van der Waals surface area contributed by atoms with Crippen LogP contribution in [-0.4, -0.2) is 49.3 Å². The van der Waals surface area contributed by atoms with Crippen LogP contribution in [0.25, 0.3) is 0 Å². The minimum atomic E-state index is -0.149. The van der Waals surface area contributed by atoms with E-state index in [1.54, 1.807) is 0 Å². The van der Waals surface area contributed by atoms with Crippen LogP contribution in [0, 0.1) is 0 Å². The molecule has 1 aliphatic heterocycles. The van der Waals surface area contributed by atoms with E-state index in [0.717, 1.165) is 25.9 Å². The van der Waals surface area contributed by atoms with Gasteiger partial charge in [0.1, 0.15) is 0 Å². The van der Waals surface area contributed by atoms with Crippen LogP contribution >= 0.6 is 0 Å². The predicted octanol–water partition coefficient (Wildman–Crippen LogP) is 2.75. The highest BCUT2D eigenvalue weighted by Gasteiger charge is 2.41. The molecule has 0 aromatic heterocycles. The van der Waals surface area contributed by atoms with Gasteiger partial charge in [-0.25, -0.2) is 0 Å². The first-order chi connectivity index (χ1) is 9.67. The van der Waals surface area contributed by atoms with Crippen molar-refractivity contribution >= 4 is 5.97 Å². The third-order valence-corrected chi connectivity index (χ3v) is 4.69. The topological polar surface area (TPSA) is 38.8 Å². The Morgan fingerprint density at radius 2 is 2.05 bits per heavy atom. The summed E-state index contributed by atoms with van der Waals surface area (Å²) in [5.74, 6) is -0.149. The Hall–Kier alpha value is -0.610. The molecule has 0 radical (unpaired) electrons. The number of nitrogens with zero attached hydrogens (tertiary/aromatic N) is 1. The van der Waals surface area contributed by atoms with Crippen LogP contribution in [0.3, 0.4) is 0 Å². The van der Waals surface area contributed by atoms with Crippen LogP contribution in [-0.2, 0) is 14.3 Å². The van der Waals surface area contributed by atoms with Crippen molar-refractivity contribution in [3.63, 3.8) is 0 Å². The number of esters is 1. The van der Waals surface area contributed by atoms with Gasteiger partial charge in [-0.15, -0.1) is 0 Å². The second-order valence-corrected chi connectivity index (χ2v) is 6.33. The highest BCUT2D eigenvalue weighted by atomic mass is 16.5. The van der Waals surface area contributed by atoms with E-state index >= 15 is 0 Å². The van der Waals surface area contributed by atoms with Gasteiger partial charge in [-0.1, -0.05) is 26.2 Å². The van der Waals surface area contributed by atoms with Crippen LogP contribution in [0.2, 0.25) is 0 Å². The number of hydrogen-bond acceptors (Lipinski definition) is 4. The lowest BCUT2D eigenvalue weighted by molar-refractivity contribution is -0.142. The van der Waals surface area contributed by atoms with Crippen molar-refractivity contribution in [2.75, 3.05) is 26.7 Å². The minimum Gasteiger partial charge on any atom is -0.468 e. The molecule has 1 saturated carbocycles. The van der Waals surface area contributed by atoms with E-state index in [9.17, 15) is 4.79 Å². The summed E-state index contributed by atoms with van der Waals surface area (Å²) >= 11 is 0. The maximum atomic E-state index is 11.5. The van der Waals surface area contributed by atoms with Crippen molar-refractivity contribution < 1.29 is 14.3 Å². The van der Waals surface area contributed by atoms with Gasteiger partial charge in [0, 0.05) is 6.54 Å². The number of carbonyl (C=O) groups excluding carboxylic acids is 1. The fourth-order valence-electron chi connectivity index (χ4n) is 3.67. The Morgan fingerprint density at radius 3 is 2.70 bits per heavy atom. The van der Waals surface area contributed by atoms with Crippen molar-refractivity contribution in [2.45, 2.75) is 70.0 Å². The van der Waals surface area contributed by atoms with Crippen LogP contribution < -0.4 is 0 Å². The van der Waals surface area contributed by atoms with Gasteiger partial charge in [-0.3, -0.25) is 9.69 Å². The third kappa shape index (κ3) is 4.19. The molecule has 2 aliphatic rings. The molecular formula is C16H29NO3. The second-order valence-electron chi connectivity index (χ2n) is 6.33. The van der Waals surface area contributed by atoms with Crippen LogP contribution in [0.4, 0.5) is 0 Å². The van der Waals surface area contributed by atoms with Crippen molar-refractivity contribution in [1.82, 2.24) is 4.90 Å². The minimum absolute atomic E-state index is 0.149. The normalized spacial score (nSPS) is 25.2. The molecule has 1 atom stereocenters. The smallest absolute Gasteiger partial charge is 0.319 e. The summed E-state index contributed by atoms with van der Waals surface area (Å²) in [6.45, 7) is 4.33. The fraction of sp³-hybridized carbons (Fsp3) is 0.938. The molecule has 0 bridgehead atoms. The summed E-state index contributed by atoms with van der Waals surface area (Å²) in [7, 11) is 1.45. The van der Waals surface area contributed by atoms with Crippen LogP contribution in [0.1, 0.15) is 58.3 Å². The Labute approximate surface area is 122 Å². The lowest BCUT2D eigenvalue weighted by Gasteiger charge is -2.34. The summed E-state index contributed by atoms with van der Waals surface area (Å²) < 4.78 is 11.2. The Morgan fingerprint density at radius 1 is 1.30 bits per heavy atom. The summed E-state index contributed by atoms with van der Waals surface area (Å²) in [6.07, 6.45) is 10.1. The summed E-state index contributed by atoms with van der Waals surface area (Å²) in [5.41, 5.74) is 0.173. The number of ether oxygens (including phenoxy) is 2. The molecule has 2 rings (SSSR count). The highest BCUT2D eigenvalue weighted by molar-refractivity contribution is 5.71. The van der Waals surface area contributed by atoms with E-state index in [1.165, 1.54) is 45.6 Å². The van der Waals surface area contributed by atoms with E-state index in [4.69, 9.17) is 9.47 Å². The molecule has 1 spiro atoms. The molecule has 4 heteroatoms. The monoisotopic (exact) mass is 283 g/mol. The van der Waals surface area contributed by atoms with Crippen molar-refractivity contribution in [2.24, 2.45) is 0 Å². The van der Waals surface area contributed by atoms with Crippen molar-refractivity contribution in [3.05, 3.63) is 0 Å². The zero-order valence-corrected chi connectivity index (χ0v) is 13.0. The van der Waals surface area contributed by atoms with Crippen LogP contribution in [0.15, 0.2) is 0 Å². The maximum Gasteiger partial charge on any atom is 0.319 e. The highest BCUT2D eigenvalue weighted by Crippen LogP contribution is 2.41. The molecule has 2 fully saturated rings. The van der Waals surface area contributed by atoms with Gasteiger partial charge in [0.05, 0.1) is 25.4 Å². The van der Waals surface area contributed by atoms with Gasteiger partial charge >= 0.3 is 5.97 Å². The fourth-order valence-corrected chi connectivity index (χ4v) is 3.67. The van der Waals surface area contributed by atoms with Gasteiger partial charge in [0.2, 0.25) is 0 Å². The van der Waals surface area contributed by atoms with E-state index in [1.807, 2.05) is 0 Å². The molecule has 20 heavy (non-hydrogen) atoms. The maximum absolute atomic E-state index is 11.5. The average molecular weight is 283 g/mol. The van der Waals surface area contributed by atoms with Gasteiger partial charge < -0.3 is 9.47 Å². The average Bonchev–Trinajstić information content (AvgIpc) is 2.82. The number of rotatable bonds is 6. The molecule has 4 nitrogen and oxygen atoms in total. The summed E-state index contributed by atoms with van der Waals surface area (Å²) in [5, 5.41) is 0. The second kappa shape index (κ2) is 7.41. The van der Waals surface area contributed by atoms with Gasteiger partial charge in [-0.05, 0) is 38.6 Å². The van der Waals surface area contributed by atoms with E-state index in [2.05, 4.69) is 11.8 Å². The van der Waals surface area contributed by atoms with Crippen LogP contribution in [0.5, 0.6) is 0 Å². The predicted molar refractivity (Wildman–Crippen MR) is 78.7 cm³/mol. The van der Waals surface area contributed by atoms with Crippen molar-refractivity contribution in [1.29, 1.82) is 0 Å². The van der Waals surface area contributed by atoms with Gasteiger partial charge in [0.15, 0.2) is 0 Å². The molecule has 0 amide bonds. The Bertz CT molecular complexity index is 313. The quantitative estimate of drug-likeness (QED) is 0.703. The zero-order valence-electron chi connectivity index (χ0n) is 13.0. The zero-order chi connectivity index (χ0) is 14.4. The van der Waals surface area contributed by atoms with Gasteiger partial charge in [0.25, 0.3) is 0 Å². The molecule has 1 aliphatic carbocycles. The summed E-state index contributed by atoms with van der Waals surface area (Å²) in [4.78, 5) is 13.6. The standard InChI is InChI=1S/C16H29NO3/c1-3-11-17(13-15(18)19-2)12-14-7-10-16(20-14)8-5-4-6-9-16/h14H,3-13H2,1-2H3.